The second-order valence-corrected chi connectivity index (χ2v) is 4.52. The maximum absolute atomic E-state index is 11.8. The summed E-state index contributed by atoms with van der Waals surface area (Å²) < 4.78 is 0. The molecule has 0 atom stereocenters. The minimum absolute atomic E-state index is 0.0147. The summed E-state index contributed by atoms with van der Waals surface area (Å²) in [6, 6.07) is 0. The number of amides is 1. The Kier molecular flexibility index (Phi) is 6.60. The van der Waals surface area contributed by atoms with Gasteiger partial charge in [-0.1, -0.05) is 6.92 Å². The van der Waals surface area contributed by atoms with Gasteiger partial charge in [-0.15, -0.1) is 0 Å². The van der Waals surface area contributed by atoms with Crippen LogP contribution in [0, 0.1) is 0 Å². The van der Waals surface area contributed by atoms with Crippen LogP contribution in [0.5, 0.6) is 0 Å². The van der Waals surface area contributed by atoms with Gasteiger partial charge in [-0.25, -0.2) is 4.99 Å². The highest BCUT2D eigenvalue weighted by molar-refractivity contribution is 5.80. The fraction of sp³-hybridized carbons (Fsp3) is 0.692. The minimum Gasteiger partial charge on any atom is -0.310 e. The van der Waals surface area contributed by atoms with Crippen LogP contribution in [0.2, 0.25) is 0 Å². The number of carbonyl (C=O) groups is 1. The molecule has 5 heteroatoms. The first-order valence-electron chi connectivity index (χ1n) is 6.55. The molecule has 1 amide bonds. The van der Waals surface area contributed by atoms with Crippen molar-refractivity contribution < 1.29 is 4.79 Å². The summed E-state index contributed by atoms with van der Waals surface area (Å²) in [6.07, 6.45) is 4.48. The lowest BCUT2D eigenvalue weighted by molar-refractivity contribution is -0.121. The summed E-state index contributed by atoms with van der Waals surface area (Å²) in [5.41, 5.74) is 0. The lowest BCUT2D eigenvalue weighted by atomic mass is 10.3. The number of rotatable bonds is 5. The van der Waals surface area contributed by atoms with Gasteiger partial charge < -0.3 is 10.2 Å². The fourth-order valence-electron chi connectivity index (χ4n) is 1.76. The summed E-state index contributed by atoms with van der Waals surface area (Å²) in [6.45, 7) is 8.30. The largest absolute Gasteiger partial charge is 0.310 e. The molecule has 18 heavy (non-hydrogen) atoms. The predicted octanol–water partition coefficient (Wildman–Crippen LogP) is 0.692. The zero-order valence-corrected chi connectivity index (χ0v) is 11.6. The molecule has 0 aromatic carbocycles. The lowest BCUT2D eigenvalue weighted by Crippen LogP contribution is -2.47. The molecule has 0 saturated carbocycles. The Morgan fingerprint density at radius 3 is 2.56 bits per heavy atom. The van der Waals surface area contributed by atoms with Crippen LogP contribution in [0.4, 0.5) is 0 Å². The second kappa shape index (κ2) is 8.00. The van der Waals surface area contributed by atoms with Crippen LogP contribution in [0.3, 0.4) is 0 Å². The number of hydrogen-bond acceptors (Lipinski definition) is 4. The monoisotopic (exact) mass is 252 g/mol. The lowest BCUT2D eigenvalue weighted by Gasteiger charge is -2.31. The summed E-state index contributed by atoms with van der Waals surface area (Å²) in [4.78, 5) is 20.5. The molecule has 0 aromatic rings. The van der Waals surface area contributed by atoms with Crippen molar-refractivity contribution in [3.05, 3.63) is 11.9 Å². The number of allylic oxidation sites excluding steroid dienone is 1. The molecular weight excluding hydrogens is 228 g/mol. The first-order chi connectivity index (χ1) is 8.65. The van der Waals surface area contributed by atoms with Gasteiger partial charge in [0.05, 0.1) is 6.54 Å². The Labute approximate surface area is 110 Å². The molecule has 5 nitrogen and oxygen atoms in total. The SMILES string of the molecule is C/C=C(\N=CCC)NC(=O)CN1CCN(C)CC1. The normalized spacial score (nSPS) is 19.4. The van der Waals surface area contributed by atoms with Gasteiger partial charge >= 0.3 is 0 Å². The third-order valence-corrected chi connectivity index (χ3v) is 2.92. The summed E-state index contributed by atoms with van der Waals surface area (Å²) in [5, 5.41) is 2.83. The highest BCUT2D eigenvalue weighted by atomic mass is 16.2. The van der Waals surface area contributed by atoms with Crippen LogP contribution in [0.15, 0.2) is 16.9 Å². The maximum Gasteiger partial charge on any atom is 0.239 e. The molecule has 0 bridgehead atoms. The molecule has 0 spiro atoms. The molecule has 0 unspecified atom stereocenters. The van der Waals surface area contributed by atoms with Crippen LogP contribution >= 0.6 is 0 Å². The summed E-state index contributed by atoms with van der Waals surface area (Å²) in [5.74, 6) is 0.650. The maximum atomic E-state index is 11.8. The van der Waals surface area contributed by atoms with Crippen molar-refractivity contribution in [3.8, 4) is 0 Å². The van der Waals surface area contributed by atoms with E-state index in [-0.39, 0.29) is 5.91 Å². The highest BCUT2D eigenvalue weighted by Crippen LogP contribution is 1.99. The molecule has 1 aliphatic heterocycles. The van der Waals surface area contributed by atoms with Crippen LogP contribution in [0.1, 0.15) is 20.3 Å². The molecular formula is C13H24N4O. The van der Waals surface area contributed by atoms with E-state index in [1.807, 2.05) is 19.9 Å². The predicted molar refractivity (Wildman–Crippen MR) is 74.6 cm³/mol. The zero-order chi connectivity index (χ0) is 13.4. The first-order valence-corrected chi connectivity index (χ1v) is 6.55. The van der Waals surface area contributed by atoms with Gasteiger partial charge in [-0.2, -0.15) is 0 Å². The van der Waals surface area contributed by atoms with E-state index < -0.39 is 0 Å². The Hall–Kier alpha value is -1.20. The summed E-state index contributed by atoms with van der Waals surface area (Å²) >= 11 is 0. The number of nitrogens with zero attached hydrogens (tertiary/aromatic N) is 3. The van der Waals surface area contributed by atoms with Gasteiger partial charge in [0.15, 0.2) is 0 Å². The number of aliphatic imine (C=N–C) groups is 1. The van der Waals surface area contributed by atoms with E-state index in [4.69, 9.17) is 0 Å². The van der Waals surface area contributed by atoms with E-state index in [9.17, 15) is 4.79 Å². The van der Waals surface area contributed by atoms with Crippen molar-refractivity contribution in [2.24, 2.45) is 4.99 Å². The third-order valence-electron chi connectivity index (χ3n) is 2.92. The first kappa shape index (κ1) is 14.9. The Morgan fingerprint density at radius 1 is 1.33 bits per heavy atom. The smallest absolute Gasteiger partial charge is 0.239 e. The molecule has 1 rings (SSSR count). The zero-order valence-electron chi connectivity index (χ0n) is 11.6. The number of nitrogens with one attached hydrogen (secondary N) is 1. The van der Waals surface area contributed by atoms with Gasteiger partial charge in [0.25, 0.3) is 0 Å². The molecule has 1 fully saturated rings. The second-order valence-electron chi connectivity index (χ2n) is 4.52. The molecule has 102 valence electrons. The van der Waals surface area contributed by atoms with Crippen LogP contribution in [-0.2, 0) is 4.79 Å². The molecule has 1 aliphatic rings. The van der Waals surface area contributed by atoms with Gasteiger partial charge in [-0.05, 0) is 26.5 Å². The van der Waals surface area contributed by atoms with Crippen molar-refractivity contribution in [2.75, 3.05) is 39.8 Å². The Morgan fingerprint density at radius 2 is 2.00 bits per heavy atom. The van der Waals surface area contributed by atoms with Crippen molar-refractivity contribution in [2.45, 2.75) is 20.3 Å². The molecule has 0 aliphatic carbocycles. The standard InChI is InChI=1S/C13H24N4O/c1-4-6-14-12(5-2)15-13(18)11-17-9-7-16(3)8-10-17/h5-6H,4,7-11H2,1-3H3,(H,15,18)/b12-5+,14-6?. The van der Waals surface area contributed by atoms with E-state index >= 15 is 0 Å². The van der Waals surface area contributed by atoms with E-state index in [0.29, 0.717) is 12.4 Å². The highest BCUT2D eigenvalue weighted by Gasteiger charge is 2.16. The van der Waals surface area contributed by atoms with Crippen LogP contribution in [0.25, 0.3) is 0 Å². The van der Waals surface area contributed by atoms with E-state index in [2.05, 4.69) is 27.2 Å². The number of carbonyl (C=O) groups excluding carboxylic acids is 1. The third kappa shape index (κ3) is 5.42. The average Bonchev–Trinajstić information content (AvgIpc) is 2.37. The quantitative estimate of drug-likeness (QED) is 0.732. The number of hydrogen-bond donors (Lipinski definition) is 1. The van der Waals surface area contributed by atoms with Gasteiger partial charge in [0, 0.05) is 32.4 Å². The van der Waals surface area contributed by atoms with E-state index in [1.54, 1.807) is 6.21 Å². The molecule has 0 radical (unpaired) electrons. The van der Waals surface area contributed by atoms with Gasteiger partial charge in [-0.3, -0.25) is 9.69 Å². The van der Waals surface area contributed by atoms with E-state index in [1.165, 1.54) is 0 Å². The Balaban J connectivity index is 2.34. The summed E-state index contributed by atoms with van der Waals surface area (Å²) in [7, 11) is 2.11. The van der Waals surface area contributed by atoms with Gasteiger partial charge in [0.1, 0.15) is 5.82 Å². The minimum atomic E-state index is 0.0147. The van der Waals surface area contributed by atoms with Crippen LogP contribution < -0.4 is 5.32 Å². The Bertz CT molecular complexity index is 317. The van der Waals surface area contributed by atoms with Crippen molar-refractivity contribution in [3.63, 3.8) is 0 Å². The number of piperazine rings is 1. The molecule has 1 N–H and O–H groups in total. The number of likely N-dealkylation sites (N-methyl/N-ethyl adjacent to an activating group) is 1. The van der Waals surface area contributed by atoms with Gasteiger partial charge in [0.2, 0.25) is 5.91 Å². The van der Waals surface area contributed by atoms with Crippen molar-refractivity contribution >= 4 is 12.1 Å². The topological polar surface area (TPSA) is 47.9 Å². The molecule has 1 saturated heterocycles. The fourth-order valence-corrected chi connectivity index (χ4v) is 1.76. The average molecular weight is 252 g/mol. The molecule has 1 heterocycles. The van der Waals surface area contributed by atoms with Crippen molar-refractivity contribution in [1.29, 1.82) is 0 Å². The van der Waals surface area contributed by atoms with Crippen LogP contribution in [-0.4, -0.2) is 61.7 Å². The molecule has 0 aromatic heterocycles. The van der Waals surface area contributed by atoms with Crippen molar-refractivity contribution in [1.82, 2.24) is 15.1 Å². The van der Waals surface area contributed by atoms with E-state index in [0.717, 1.165) is 32.6 Å².